The first kappa shape index (κ1) is 10.8. The van der Waals surface area contributed by atoms with Gasteiger partial charge in [0.25, 0.3) is 5.56 Å². The minimum Gasteiger partial charge on any atom is -0.267 e. The Balaban J connectivity index is 0.000000461. The van der Waals surface area contributed by atoms with Crippen LogP contribution in [-0.4, -0.2) is 10.2 Å². The van der Waals surface area contributed by atoms with Gasteiger partial charge < -0.3 is 0 Å². The smallest absolute Gasteiger partial charge is 0.267 e. The highest BCUT2D eigenvalue weighted by molar-refractivity contribution is 9.13. The van der Waals surface area contributed by atoms with Crippen LogP contribution in [0, 0.1) is 0 Å². The van der Waals surface area contributed by atoms with Crippen LogP contribution in [0.25, 0.3) is 0 Å². The van der Waals surface area contributed by atoms with Crippen molar-refractivity contribution in [3.8, 4) is 0 Å². The van der Waals surface area contributed by atoms with Gasteiger partial charge in [-0.3, -0.25) is 4.79 Å². The molecule has 1 aromatic heterocycles. The molecule has 1 heterocycles. The third kappa shape index (κ3) is 3.16. The first-order chi connectivity index (χ1) is 5.22. The Kier molecular flexibility index (Phi) is 5.41. The molecule has 0 aromatic carbocycles. The van der Waals surface area contributed by atoms with Crippen molar-refractivity contribution in [1.82, 2.24) is 10.2 Å². The first-order valence-corrected chi connectivity index (χ1v) is 4.69. The summed E-state index contributed by atoms with van der Waals surface area (Å²) < 4.78 is 1.13. The fourth-order valence-electron chi connectivity index (χ4n) is 0.362. The second-order valence-electron chi connectivity index (χ2n) is 1.36. The predicted molar refractivity (Wildman–Crippen MR) is 51.6 cm³/mol. The quantitative estimate of drug-likeness (QED) is 0.794. The molecule has 1 rings (SSSR count). The summed E-state index contributed by atoms with van der Waals surface area (Å²) in [7, 11) is 0. The van der Waals surface area contributed by atoms with Gasteiger partial charge in [0.1, 0.15) is 0 Å². The molecule has 11 heavy (non-hydrogen) atoms. The van der Waals surface area contributed by atoms with Crippen LogP contribution in [0.1, 0.15) is 13.8 Å². The second kappa shape index (κ2) is 5.49. The average molecular weight is 284 g/mol. The van der Waals surface area contributed by atoms with Crippen LogP contribution in [0.3, 0.4) is 0 Å². The maximum atomic E-state index is 10.6. The fourth-order valence-corrected chi connectivity index (χ4v) is 0.835. The highest BCUT2D eigenvalue weighted by Gasteiger charge is 1.97. The third-order valence-electron chi connectivity index (χ3n) is 0.753. The van der Waals surface area contributed by atoms with Crippen molar-refractivity contribution in [2.24, 2.45) is 0 Å². The van der Waals surface area contributed by atoms with Crippen molar-refractivity contribution in [2.45, 2.75) is 13.8 Å². The minimum atomic E-state index is -0.232. The lowest BCUT2D eigenvalue weighted by Crippen LogP contribution is -2.07. The van der Waals surface area contributed by atoms with E-state index in [1.807, 2.05) is 13.8 Å². The second-order valence-corrected chi connectivity index (χ2v) is 3.01. The van der Waals surface area contributed by atoms with Crippen molar-refractivity contribution < 1.29 is 0 Å². The third-order valence-corrected chi connectivity index (χ3v) is 2.67. The Bertz CT molecular complexity index is 272. The van der Waals surface area contributed by atoms with E-state index in [0.29, 0.717) is 8.95 Å². The summed E-state index contributed by atoms with van der Waals surface area (Å²) in [6, 6.07) is 0. The number of nitrogens with one attached hydrogen (secondary N) is 1. The van der Waals surface area contributed by atoms with Crippen LogP contribution in [-0.2, 0) is 0 Å². The van der Waals surface area contributed by atoms with Crippen molar-refractivity contribution in [3.63, 3.8) is 0 Å². The fraction of sp³-hybridized carbons (Fsp3) is 0.333. The van der Waals surface area contributed by atoms with Crippen LogP contribution < -0.4 is 5.56 Å². The average Bonchev–Trinajstić information content (AvgIpc) is 2.04. The lowest BCUT2D eigenvalue weighted by molar-refractivity contribution is 0.970. The zero-order valence-corrected chi connectivity index (χ0v) is 9.36. The predicted octanol–water partition coefficient (Wildman–Crippen LogP) is 2.32. The summed E-state index contributed by atoms with van der Waals surface area (Å²) in [5, 5.41) is 5.79. The molecule has 0 aliphatic heterocycles. The van der Waals surface area contributed by atoms with E-state index in [4.69, 9.17) is 0 Å². The molecule has 0 unspecified atom stereocenters. The molecule has 1 N–H and O–H groups in total. The van der Waals surface area contributed by atoms with Gasteiger partial charge in [0.2, 0.25) is 0 Å². The van der Waals surface area contributed by atoms with Crippen LogP contribution in [0.2, 0.25) is 0 Å². The Morgan fingerprint density at radius 1 is 1.45 bits per heavy atom. The molecular weight excluding hydrogens is 276 g/mol. The Labute approximate surface area is 81.5 Å². The van der Waals surface area contributed by atoms with E-state index in [2.05, 4.69) is 42.1 Å². The molecule has 0 bridgehead atoms. The van der Waals surface area contributed by atoms with Crippen LogP contribution in [0.15, 0.2) is 19.9 Å². The number of H-pyrrole nitrogens is 1. The summed E-state index contributed by atoms with van der Waals surface area (Å²) in [5.41, 5.74) is -0.232. The maximum Gasteiger partial charge on any atom is 0.279 e. The van der Waals surface area contributed by atoms with Gasteiger partial charge in [0, 0.05) is 0 Å². The summed E-state index contributed by atoms with van der Waals surface area (Å²) >= 11 is 6.17. The number of halogens is 2. The molecule has 0 fully saturated rings. The van der Waals surface area contributed by atoms with Gasteiger partial charge in [-0.2, -0.15) is 5.10 Å². The molecule has 62 valence electrons. The van der Waals surface area contributed by atoms with Crippen molar-refractivity contribution >= 4 is 31.9 Å². The lowest BCUT2D eigenvalue weighted by atomic mass is 10.6. The van der Waals surface area contributed by atoms with E-state index in [1.54, 1.807) is 0 Å². The lowest BCUT2D eigenvalue weighted by Gasteiger charge is -1.88. The van der Waals surface area contributed by atoms with Crippen LogP contribution >= 0.6 is 31.9 Å². The van der Waals surface area contributed by atoms with Crippen molar-refractivity contribution in [2.75, 3.05) is 0 Å². The van der Waals surface area contributed by atoms with E-state index in [9.17, 15) is 4.79 Å². The van der Waals surface area contributed by atoms with Crippen molar-refractivity contribution in [3.05, 3.63) is 25.5 Å². The van der Waals surface area contributed by atoms with Gasteiger partial charge in [0.15, 0.2) is 0 Å². The van der Waals surface area contributed by atoms with Gasteiger partial charge in [0.05, 0.1) is 15.1 Å². The molecule has 0 saturated heterocycles. The van der Waals surface area contributed by atoms with Gasteiger partial charge in [-0.15, -0.1) is 0 Å². The number of hydrogen-bond acceptors (Lipinski definition) is 2. The molecule has 0 amide bonds. The largest absolute Gasteiger partial charge is 0.279 e. The van der Waals surface area contributed by atoms with E-state index in [-0.39, 0.29) is 5.56 Å². The highest BCUT2D eigenvalue weighted by Crippen LogP contribution is 2.15. The van der Waals surface area contributed by atoms with Gasteiger partial charge in [-0.25, -0.2) is 5.10 Å². The molecule has 1 aromatic rings. The molecule has 0 radical (unpaired) electrons. The van der Waals surface area contributed by atoms with Crippen molar-refractivity contribution in [1.29, 1.82) is 0 Å². The zero-order valence-electron chi connectivity index (χ0n) is 6.19. The topological polar surface area (TPSA) is 45.8 Å². The van der Waals surface area contributed by atoms with Crippen LogP contribution in [0.4, 0.5) is 0 Å². The number of hydrogen-bond donors (Lipinski definition) is 1. The van der Waals surface area contributed by atoms with Crippen LogP contribution in [0.5, 0.6) is 0 Å². The summed E-state index contributed by atoms with van der Waals surface area (Å²) in [4.78, 5) is 10.6. The summed E-state index contributed by atoms with van der Waals surface area (Å²) in [6.07, 6.45) is 1.51. The number of nitrogens with zero attached hydrogens (tertiary/aromatic N) is 1. The molecule has 0 aliphatic carbocycles. The maximum absolute atomic E-state index is 10.6. The molecule has 0 atom stereocenters. The van der Waals surface area contributed by atoms with Gasteiger partial charge >= 0.3 is 0 Å². The van der Waals surface area contributed by atoms with E-state index in [0.717, 1.165) is 0 Å². The minimum absolute atomic E-state index is 0.232. The number of rotatable bonds is 0. The SMILES string of the molecule is CC.O=c1[nH]ncc(Br)c1Br. The Morgan fingerprint density at radius 2 is 2.00 bits per heavy atom. The van der Waals surface area contributed by atoms with E-state index >= 15 is 0 Å². The number of aromatic nitrogens is 2. The molecule has 0 spiro atoms. The first-order valence-electron chi connectivity index (χ1n) is 3.10. The van der Waals surface area contributed by atoms with Gasteiger partial charge in [-0.1, -0.05) is 13.8 Å². The van der Waals surface area contributed by atoms with E-state index < -0.39 is 0 Å². The molecule has 0 aliphatic rings. The standard InChI is InChI=1S/C4H2Br2N2O.C2H6/c5-2-1-7-8-4(9)3(2)6;1-2/h1H,(H,8,9);1-2H3. The van der Waals surface area contributed by atoms with E-state index in [1.165, 1.54) is 6.20 Å². The Hall–Kier alpha value is -0.160. The molecular formula is C6H8Br2N2O. The monoisotopic (exact) mass is 282 g/mol. The molecule has 3 nitrogen and oxygen atoms in total. The normalized spacial score (nSPS) is 8.36. The number of aromatic amines is 1. The zero-order chi connectivity index (χ0) is 8.85. The summed E-state index contributed by atoms with van der Waals surface area (Å²) in [5.74, 6) is 0. The molecule has 5 heteroatoms. The highest BCUT2D eigenvalue weighted by atomic mass is 79.9. The Morgan fingerprint density at radius 3 is 2.36 bits per heavy atom. The molecule has 0 saturated carbocycles. The van der Waals surface area contributed by atoms with Gasteiger partial charge in [-0.05, 0) is 31.9 Å². The summed E-state index contributed by atoms with van der Waals surface area (Å²) in [6.45, 7) is 4.00.